The number of aromatic nitrogens is 6. The van der Waals surface area contributed by atoms with Crippen molar-refractivity contribution in [3.05, 3.63) is 59.8 Å². The highest BCUT2D eigenvalue weighted by Crippen LogP contribution is 2.32. The van der Waals surface area contributed by atoms with Gasteiger partial charge in [-0.15, -0.1) is 0 Å². The van der Waals surface area contributed by atoms with Gasteiger partial charge in [-0.1, -0.05) is 5.16 Å². The first-order valence-electron chi connectivity index (χ1n) is 10.4. The Balaban J connectivity index is 1.36. The molecule has 0 aliphatic carbocycles. The first kappa shape index (κ1) is 18.7. The molecule has 30 heavy (non-hydrogen) atoms. The maximum absolute atomic E-state index is 5.50. The third-order valence-electron chi connectivity index (χ3n) is 5.92. The molecule has 0 spiro atoms. The average Bonchev–Trinajstić information content (AvgIpc) is 3.54. The Hall–Kier alpha value is -3.26. The molecule has 154 valence electrons. The summed E-state index contributed by atoms with van der Waals surface area (Å²) in [6.45, 7) is 7.12. The van der Waals surface area contributed by atoms with Gasteiger partial charge in [-0.3, -0.25) is 14.6 Å². The molecular formula is C22H25N7O. The molecule has 0 aromatic carbocycles. The van der Waals surface area contributed by atoms with Crippen molar-refractivity contribution in [3.63, 3.8) is 0 Å². The van der Waals surface area contributed by atoms with E-state index < -0.39 is 0 Å². The molecule has 1 aliphatic rings. The second-order valence-corrected chi connectivity index (χ2v) is 7.86. The lowest BCUT2D eigenvalue weighted by Gasteiger charge is -2.34. The number of H-pyrrole nitrogens is 1. The quantitative estimate of drug-likeness (QED) is 0.530. The lowest BCUT2D eigenvalue weighted by molar-refractivity contribution is 0.176. The molecule has 0 radical (unpaired) electrons. The van der Waals surface area contributed by atoms with Gasteiger partial charge >= 0.3 is 0 Å². The summed E-state index contributed by atoms with van der Waals surface area (Å²) in [4.78, 5) is 14.9. The van der Waals surface area contributed by atoms with E-state index in [1.165, 1.54) is 11.1 Å². The highest BCUT2D eigenvalue weighted by Gasteiger charge is 2.26. The number of hydrogen-bond donors (Lipinski definition) is 1. The Morgan fingerprint density at radius 2 is 2.23 bits per heavy atom. The minimum absolute atomic E-state index is 0.469. The fraction of sp³-hybridized carbons (Fsp3) is 0.364. The number of nitrogens with one attached hydrogen (secondary N) is 1. The molecule has 0 unspecified atom stereocenters. The van der Waals surface area contributed by atoms with E-state index in [0.717, 1.165) is 49.4 Å². The highest BCUT2D eigenvalue weighted by molar-refractivity contribution is 5.66. The van der Waals surface area contributed by atoms with Crippen molar-refractivity contribution in [2.75, 3.05) is 6.54 Å². The monoisotopic (exact) mass is 403 g/mol. The zero-order valence-electron chi connectivity index (χ0n) is 17.2. The van der Waals surface area contributed by atoms with Crippen molar-refractivity contribution in [2.24, 2.45) is 0 Å². The molecule has 8 heteroatoms. The van der Waals surface area contributed by atoms with Gasteiger partial charge in [0.25, 0.3) is 5.89 Å². The van der Waals surface area contributed by atoms with Crippen molar-refractivity contribution in [3.8, 4) is 23.0 Å². The minimum atomic E-state index is 0.469. The van der Waals surface area contributed by atoms with Crippen LogP contribution in [0.1, 0.15) is 30.2 Å². The van der Waals surface area contributed by atoms with Crippen LogP contribution in [0.25, 0.3) is 23.0 Å². The van der Waals surface area contributed by atoms with Gasteiger partial charge in [0.15, 0.2) is 0 Å². The SMILES string of the molecule is Cc1ncc2c(c1-c1noc(-c3ccc[nH]3)n1)CCN([C@@H](C)CCn1cccn1)C2. The zero-order chi connectivity index (χ0) is 20.5. The molecule has 0 saturated carbocycles. The Morgan fingerprint density at radius 1 is 1.30 bits per heavy atom. The van der Waals surface area contributed by atoms with E-state index in [0.29, 0.717) is 17.8 Å². The molecule has 8 nitrogen and oxygen atoms in total. The maximum Gasteiger partial charge on any atom is 0.274 e. The van der Waals surface area contributed by atoms with E-state index in [1.54, 1.807) is 0 Å². The van der Waals surface area contributed by atoms with Crippen molar-refractivity contribution < 1.29 is 4.52 Å². The molecule has 4 aromatic heterocycles. The summed E-state index contributed by atoms with van der Waals surface area (Å²) < 4.78 is 7.49. The van der Waals surface area contributed by atoms with Gasteiger partial charge in [0, 0.05) is 61.7 Å². The van der Waals surface area contributed by atoms with Gasteiger partial charge in [0.2, 0.25) is 5.82 Å². The number of aryl methyl sites for hydroxylation is 2. The lowest BCUT2D eigenvalue weighted by Crippen LogP contribution is -2.38. The van der Waals surface area contributed by atoms with Crippen LogP contribution in [-0.4, -0.2) is 47.4 Å². The Bertz CT molecular complexity index is 1110. The van der Waals surface area contributed by atoms with Gasteiger partial charge in [-0.25, -0.2) is 0 Å². The van der Waals surface area contributed by atoms with Crippen LogP contribution >= 0.6 is 0 Å². The van der Waals surface area contributed by atoms with Gasteiger partial charge in [-0.05, 0) is 56.0 Å². The first-order chi connectivity index (χ1) is 14.7. The van der Waals surface area contributed by atoms with Gasteiger partial charge in [0.05, 0.1) is 0 Å². The topological polar surface area (TPSA) is 88.7 Å². The molecule has 0 fully saturated rings. The fourth-order valence-electron chi connectivity index (χ4n) is 4.18. The maximum atomic E-state index is 5.50. The third kappa shape index (κ3) is 3.54. The standard InChI is InChI=1S/C22H25N7O/c1-15(6-12-29-10-4-9-25-29)28-11-7-18-17(14-28)13-24-16(2)20(18)21-26-22(30-27-21)19-5-3-8-23-19/h3-5,8-10,13,15,23H,6-7,11-12,14H2,1-2H3/t15-/m0/s1. The average molecular weight is 403 g/mol. The summed E-state index contributed by atoms with van der Waals surface area (Å²) in [6.07, 6.45) is 9.71. The predicted octanol–water partition coefficient (Wildman–Crippen LogP) is 3.47. The molecule has 1 atom stereocenters. The second kappa shape index (κ2) is 7.87. The van der Waals surface area contributed by atoms with E-state index in [9.17, 15) is 0 Å². The highest BCUT2D eigenvalue weighted by atomic mass is 16.5. The van der Waals surface area contributed by atoms with E-state index in [4.69, 9.17) is 4.52 Å². The van der Waals surface area contributed by atoms with Gasteiger partial charge in [-0.2, -0.15) is 10.1 Å². The van der Waals surface area contributed by atoms with Gasteiger partial charge in [0.1, 0.15) is 5.69 Å². The summed E-state index contributed by atoms with van der Waals surface area (Å²) in [6, 6.07) is 6.28. The summed E-state index contributed by atoms with van der Waals surface area (Å²) in [5.41, 5.74) is 5.31. The van der Waals surface area contributed by atoms with Crippen LogP contribution in [0.4, 0.5) is 0 Å². The molecular weight excluding hydrogens is 378 g/mol. The lowest BCUT2D eigenvalue weighted by atomic mass is 9.93. The molecule has 1 N–H and O–H groups in total. The Kier molecular flexibility index (Phi) is 4.92. The normalized spacial score (nSPS) is 15.3. The van der Waals surface area contributed by atoms with Crippen molar-refractivity contribution >= 4 is 0 Å². The van der Waals surface area contributed by atoms with Crippen LogP contribution in [0.15, 0.2) is 47.5 Å². The predicted molar refractivity (Wildman–Crippen MR) is 112 cm³/mol. The van der Waals surface area contributed by atoms with Crippen molar-refractivity contribution in [1.29, 1.82) is 0 Å². The molecule has 4 aromatic rings. The number of nitrogens with zero attached hydrogens (tertiary/aromatic N) is 6. The number of fused-ring (bicyclic) bond motifs is 1. The van der Waals surface area contributed by atoms with E-state index in [-0.39, 0.29) is 0 Å². The van der Waals surface area contributed by atoms with Crippen LogP contribution in [0.5, 0.6) is 0 Å². The molecule has 5 rings (SSSR count). The van der Waals surface area contributed by atoms with Crippen LogP contribution in [0, 0.1) is 6.92 Å². The van der Waals surface area contributed by atoms with Crippen LogP contribution in [0.2, 0.25) is 0 Å². The van der Waals surface area contributed by atoms with E-state index >= 15 is 0 Å². The summed E-state index contributed by atoms with van der Waals surface area (Å²) in [5, 5.41) is 8.56. The minimum Gasteiger partial charge on any atom is -0.357 e. The molecule has 0 saturated heterocycles. The third-order valence-corrected chi connectivity index (χ3v) is 5.92. The fourth-order valence-corrected chi connectivity index (χ4v) is 4.18. The Morgan fingerprint density at radius 3 is 3.03 bits per heavy atom. The van der Waals surface area contributed by atoms with Crippen LogP contribution < -0.4 is 0 Å². The van der Waals surface area contributed by atoms with Crippen LogP contribution in [-0.2, 0) is 19.5 Å². The van der Waals surface area contributed by atoms with Gasteiger partial charge < -0.3 is 9.51 Å². The second-order valence-electron chi connectivity index (χ2n) is 7.86. The smallest absolute Gasteiger partial charge is 0.274 e. The molecule has 5 heterocycles. The largest absolute Gasteiger partial charge is 0.357 e. The summed E-state index contributed by atoms with van der Waals surface area (Å²) in [7, 11) is 0. The number of rotatable bonds is 6. The summed E-state index contributed by atoms with van der Waals surface area (Å²) >= 11 is 0. The molecule has 0 amide bonds. The first-order valence-corrected chi connectivity index (χ1v) is 10.4. The molecule has 1 aliphatic heterocycles. The van der Waals surface area contributed by atoms with Crippen molar-refractivity contribution in [1.82, 2.24) is 34.8 Å². The number of aromatic amines is 1. The van der Waals surface area contributed by atoms with Crippen LogP contribution in [0.3, 0.4) is 0 Å². The zero-order valence-corrected chi connectivity index (χ0v) is 17.2. The summed E-state index contributed by atoms with van der Waals surface area (Å²) in [5.74, 6) is 1.11. The Labute approximate surface area is 174 Å². The van der Waals surface area contributed by atoms with Crippen molar-refractivity contribution in [2.45, 2.75) is 45.8 Å². The van der Waals surface area contributed by atoms with E-state index in [2.05, 4.69) is 37.0 Å². The van der Waals surface area contributed by atoms with E-state index in [1.807, 2.05) is 54.6 Å². The number of hydrogen-bond acceptors (Lipinski definition) is 6. The molecule has 0 bridgehead atoms. The number of pyridine rings is 1.